The molecular weight excluding hydrogens is 88.1 g/mol. The van der Waals surface area contributed by atoms with E-state index in [0.717, 1.165) is 0 Å². The molecule has 1 rings (SSSR count). The van der Waals surface area contributed by atoms with Crippen LogP contribution in [-0.2, 0) is 0 Å². The van der Waals surface area contributed by atoms with Crippen LogP contribution in [0.4, 0.5) is 0 Å². The Labute approximate surface area is 43.6 Å². The van der Waals surface area contributed by atoms with Crippen LogP contribution in [0.1, 0.15) is 7.06 Å². The molecule has 0 amide bonds. The summed E-state index contributed by atoms with van der Waals surface area (Å²) in [6.45, 7) is 1.76. The van der Waals surface area contributed by atoms with Gasteiger partial charge in [-0.3, -0.25) is 9.97 Å². The molecule has 0 bridgehead atoms. The van der Waals surface area contributed by atoms with Gasteiger partial charge in [0, 0.05) is 18.6 Å². The lowest BCUT2D eigenvalue weighted by Crippen LogP contribution is -1.77. The lowest BCUT2D eigenvalue weighted by Gasteiger charge is -1.81. The van der Waals surface area contributed by atoms with Crippen LogP contribution in [0.25, 0.3) is 0 Å². The Kier molecular flexibility index (Phi) is 0.754. The Morgan fingerprint density at radius 3 is 3.00 bits per heavy atom. The molecule has 0 spiro atoms. The second kappa shape index (κ2) is 1.69. The fraction of sp³-hybridized carbons (Fsp3) is 0.200. The maximum Gasteiger partial charge on any atom is 0.0859 e. The van der Waals surface area contributed by atoms with Gasteiger partial charge in [-0.2, -0.15) is 0 Å². The lowest BCUT2D eigenvalue weighted by molar-refractivity contribution is 1.12. The third-order valence-corrected chi connectivity index (χ3v) is 0.636. The van der Waals surface area contributed by atoms with Gasteiger partial charge in [0.25, 0.3) is 0 Å². The van der Waals surface area contributed by atoms with Gasteiger partial charge in [0.15, 0.2) is 0 Å². The van der Waals surface area contributed by atoms with Gasteiger partial charge in [0.05, 0.1) is 7.06 Å². The molecule has 2 heteroatoms. The van der Waals surface area contributed by atoms with Crippen LogP contribution in [0.5, 0.6) is 0 Å². The fourth-order valence-electron chi connectivity index (χ4n) is 0.338. The Hall–Kier alpha value is -0.920. The van der Waals surface area contributed by atoms with E-state index >= 15 is 0 Å². The van der Waals surface area contributed by atoms with Crippen molar-refractivity contribution in [2.45, 2.75) is 6.92 Å². The molecule has 1 aromatic heterocycles. The monoisotopic (exact) mass is 96.1 g/mol. The molecule has 7 heavy (non-hydrogen) atoms. The number of nitrogens with zero attached hydrogens (tertiary/aromatic N) is 2. The minimum Gasteiger partial charge on any atom is -0.261 e. The van der Waals surface area contributed by atoms with Gasteiger partial charge in [0.2, 0.25) is 0 Å². The molecule has 0 aliphatic heterocycles. The van der Waals surface area contributed by atoms with E-state index in [1.165, 1.54) is 6.20 Å². The van der Waals surface area contributed by atoms with Crippen molar-refractivity contribution < 1.29 is 1.37 Å². The van der Waals surface area contributed by atoms with E-state index in [-0.39, 0.29) is 6.17 Å². The van der Waals surface area contributed by atoms with Crippen molar-refractivity contribution in [3.8, 4) is 0 Å². The first kappa shape index (κ1) is 3.13. The van der Waals surface area contributed by atoms with Crippen LogP contribution in [0.2, 0.25) is 0 Å². The fourth-order valence-corrected chi connectivity index (χ4v) is 0.338. The SMILES string of the molecule is [3H]c1nccnc1C. The number of aromatic nitrogens is 2. The van der Waals surface area contributed by atoms with E-state index in [2.05, 4.69) is 9.97 Å². The molecule has 2 nitrogen and oxygen atoms in total. The lowest BCUT2D eigenvalue weighted by atomic mass is 10.5. The predicted octanol–water partition coefficient (Wildman–Crippen LogP) is 0.785. The molecule has 0 fully saturated rings. The van der Waals surface area contributed by atoms with Gasteiger partial charge in [-0.05, 0) is 6.92 Å². The summed E-state index contributed by atoms with van der Waals surface area (Å²) in [5, 5.41) is 0. The second-order valence-corrected chi connectivity index (χ2v) is 1.25. The smallest absolute Gasteiger partial charge is 0.0859 e. The van der Waals surface area contributed by atoms with Crippen molar-refractivity contribution in [3.05, 3.63) is 24.3 Å². The molecule has 0 unspecified atom stereocenters. The highest BCUT2D eigenvalue weighted by atomic mass is 14.7. The summed E-state index contributed by atoms with van der Waals surface area (Å²) in [7, 11) is 0. The number of hydrogen-bond acceptors (Lipinski definition) is 2. The summed E-state index contributed by atoms with van der Waals surface area (Å²) in [6, 6.07) is 0. The van der Waals surface area contributed by atoms with Crippen LogP contribution < -0.4 is 0 Å². The van der Waals surface area contributed by atoms with Crippen molar-refractivity contribution in [2.75, 3.05) is 0 Å². The molecule has 1 aromatic rings. The average Bonchev–Trinajstić information content (AvgIpc) is 1.77. The summed E-state index contributed by atoms with van der Waals surface area (Å²) in [6.07, 6.45) is 3.34. The third-order valence-electron chi connectivity index (χ3n) is 0.636. The molecule has 0 aromatic carbocycles. The summed E-state index contributed by atoms with van der Waals surface area (Å²) in [5.41, 5.74) is 0.674. The summed E-state index contributed by atoms with van der Waals surface area (Å²) >= 11 is 0. The van der Waals surface area contributed by atoms with Gasteiger partial charge in [0.1, 0.15) is 0 Å². The quantitative estimate of drug-likeness (QED) is 0.477. The normalized spacial score (nSPS) is 10.7. The van der Waals surface area contributed by atoms with E-state index in [4.69, 9.17) is 1.37 Å². The van der Waals surface area contributed by atoms with Gasteiger partial charge in [-0.25, -0.2) is 0 Å². The average molecular weight is 96.1 g/mol. The first-order valence-corrected chi connectivity index (χ1v) is 2.05. The summed E-state index contributed by atoms with van der Waals surface area (Å²) < 4.78 is 7.05. The number of hydrogen-bond donors (Lipinski definition) is 0. The molecule has 0 radical (unpaired) electrons. The number of rotatable bonds is 0. The molecule has 0 N–H and O–H groups in total. The molecule has 0 aliphatic rings. The Bertz CT molecular complexity index is 167. The highest BCUT2D eigenvalue weighted by Gasteiger charge is 1.74. The van der Waals surface area contributed by atoms with Gasteiger partial charge < -0.3 is 0 Å². The highest BCUT2D eigenvalue weighted by Crippen LogP contribution is 1.81. The van der Waals surface area contributed by atoms with Gasteiger partial charge >= 0.3 is 0 Å². The molecule has 0 saturated heterocycles. The van der Waals surface area contributed by atoms with Crippen LogP contribution in [0.3, 0.4) is 0 Å². The first-order valence-electron chi connectivity index (χ1n) is 2.55. The zero-order valence-electron chi connectivity index (χ0n) is 5.05. The maximum absolute atomic E-state index is 7.05. The standard InChI is InChI=1S/C5H6N2/c1-5-4-6-2-3-7-5/h2-4H,1H3/i4T. The predicted molar refractivity (Wildman–Crippen MR) is 26.8 cm³/mol. The van der Waals surface area contributed by atoms with E-state index in [1.54, 1.807) is 13.1 Å². The van der Waals surface area contributed by atoms with Crippen LogP contribution in [-0.4, -0.2) is 9.97 Å². The van der Waals surface area contributed by atoms with Crippen molar-refractivity contribution in [1.82, 2.24) is 9.97 Å². The second-order valence-electron chi connectivity index (χ2n) is 1.25. The third kappa shape index (κ3) is 0.961. The molecule has 0 aliphatic carbocycles. The minimum atomic E-state index is 0.257. The summed E-state index contributed by atoms with van der Waals surface area (Å²) in [4.78, 5) is 7.51. The Balaban J connectivity index is 3.13. The molecule has 1 heterocycles. The molecule has 0 saturated carbocycles. The van der Waals surface area contributed by atoms with E-state index in [0.29, 0.717) is 5.69 Å². The van der Waals surface area contributed by atoms with E-state index < -0.39 is 0 Å². The van der Waals surface area contributed by atoms with E-state index in [9.17, 15) is 0 Å². The van der Waals surface area contributed by atoms with Gasteiger partial charge in [-0.1, -0.05) is 0 Å². The summed E-state index contributed by atoms with van der Waals surface area (Å²) in [5.74, 6) is 0. The molecule has 0 atom stereocenters. The largest absolute Gasteiger partial charge is 0.261 e. The Morgan fingerprint density at radius 1 is 1.71 bits per heavy atom. The van der Waals surface area contributed by atoms with Crippen LogP contribution in [0.15, 0.2) is 18.6 Å². The van der Waals surface area contributed by atoms with Crippen molar-refractivity contribution in [3.63, 3.8) is 0 Å². The highest BCUT2D eigenvalue weighted by molar-refractivity contribution is 4.88. The van der Waals surface area contributed by atoms with Crippen molar-refractivity contribution in [1.29, 1.82) is 0 Å². The number of aryl methyl sites for hydroxylation is 1. The molecular formula is C5H6N2. The zero-order valence-corrected chi connectivity index (χ0v) is 4.05. The Morgan fingerprint density at radius 2 is 2.57 bits per heavy atom. The van der Waals surface area contributed by atoms with Crippen molar-refractivity contribution in [2.24, 2.45) is 0 Å². The van der Waals surface area contributed by atoms with E-state index in [1.807, 2.05) is 0 Å². The van der Waals surface area contributed by atoms with Crippen LogP contribution in [0, 0.1) is 6.92 Å². The minimum absolute atomic E-state index is 0.257. The molecule has 36 valence electrons. The maximum atomic E-state index is 7.05. The van der Waals surface area contributed by atoms with Crippen molar-refractivity contribution >= 4 is 0 Å². The van der Waals surface area contributed by atoms with Crippen LogP contribution >= 0.6 is 0 Å². The first-order chi connectivity index (χ1) is 3.80. The van der Waals surface area contributed by atoms with Gasteiger partial charge in [-0.15, -0.1) is 0 Å². The zero-order chi connectivity index (χ0) is 5.98. The topological polar surface area (TPSA) is 25.8 Å².